The lowest BCUT2D eigenvalue weighted by molar-refractivity contribution is -0.141. The minimum Gasteiger partial charge on any atom is -0.359 e. The van der Waals surface area contributed by atoms with Gasteiger partial charge in [0, 0.05) is 29.6 Å². The predicted octanol–water partition coefficient (Wildman–Crippen LogP) is 2.49. The summed E-state index contributed by atoms with van der Waals surface area (Å²) in [6.07, 6.45) is -2.83. The number of hydrogen-bond donors (Lipinski definition) is 1. The fourth-order valence-corrected chi connectivity index (χ4v) is 4.27. The lowest BCUT2D eigenvalue weighted by Crippen LogP contribution is -2.24. The van der Waals surface area contributed by atoms with Crippen molar-refractivity contribution in [2.24, 2.45) is 0 Å². The maximum absolute atomic E-state index is 13.1. The highest BCUT2D eigenvalue weighted by atomic mass is 32.1. The highest BCUT2D eigenvalue weighted by molar-refractivity contribution is 7.17. The monoisotopic (exact) mass is 425 g/mol. The predicted molar refractivity (Wildman–Crippen MR) is 100 cm³/mol. The van der Waals surface area contributed by atoms with Gasteiger partial charge in [0.25, 0.3) is 5.56 Å². The molecular formula is C18H18F3N5O2S. The average molecular weight is 425 g/mol. The quantitative estimate of drug-likeness (QED) is 0.681. The summed E-state index contributed by atoms with van der Waals surface area (Å²) in [5.41, 5.74) is 0.107. The molecule has 3 aromatic rings. The van der Waals surface area contributed by atoms with Gasteiger partial charge in [0.05, 0.1) is 24.4 Å². The zero-order valence-electron chi connectivity index (χ0n) is 15.7. The molecule has 29 heavy (non-hydrogen) atoms. The fraction of sp³-hybridized carbons (Fsp3) is 0.444. The number of carbonyl (C=O) groups is 1. The smallest absolute Gasteiger partial charge is 0.359 e. The van der Waals surface area contributed by atoms with E-state index in [1.807, 2.05) is 0 Å². The van der Waals surface area contributed by atoms with E-state index in [0.29, 0.717) is 22.0 Å². The molecule has 3 heterocycles. The Morgan fingerprint density at radius 1 is 1.34 bits per heavy atom. The van der Waals surface area contributed by atoms with E-state index in [1.54, 1.807) is 6.92 Å². The zero-order valence-corrected chi connectivity index (χ0v) is 16.5. The van der Waals surface area contributed by atoms with Gasteiger partial charge in [-0.05, 0) is 25.8 Å². The van der Waals surface area contributed by atoms with Crippen molar-refractivity contribution >= 4 is 22.2 Å². The van der Waals surface area contributed by atoms with Crippen LogP contribution in [0.2, 0.25) is 0 Å². The summed E-state index contributed by atoms with van der Waals surface area (Å²) in [7, 11) is 1.52. The van der Waals surface area contributed by atoms with Gasteiger partial charge < -0.3 is 5.32 Å². The van der Waals surface area contributed by atoms with E-state index in [4.69, 9.17) is 0 Å². The largest absolute Gasteiger partial charge is 0.435 e. The highest BCUT2D eigenvalue weighted by Gasteiger charge is 2.37. The van der Waals surface area contributed by atoms with Gasteiger partial charge in [-0.3, -0.25) is 18.7 Å². The van der Waals surface area contributed by atoms with Gasteiger partial charge in [-0.2, -0.15) is 18.3 Å². The molecule has 1 saturated carbocycles. The summed E-state index contributed by atoms with van der Waals surface area (Å²) in [5, 5.41) is 6.24. The molecule has 0 aliphatic heterocycles. The molecule has 1 N–H and O–H groups in total. The number of thiazole rings is 1. The number of carbonyl (C=O) groups excluding carboxylic acids is 1. The van der Waals surface area contributed by atoms with Gasteiger partial charge in [-0.1, -0.05) is 0 Å². The molecule has 0 spiro atoms. The molecule has 1 amide bonds. The second-order valence-corrected chi connectivity index (χ2v) is 8.22. The van der Waals surface area contributed by atoms with Crippen molar-refractivity contribution in [3.05, 3.63) is 50.1 Å². The molecule has 3 aromatic heterocycles. The Bertz CT molecular complexity index is 1160. The number of halogens is 3. The molecule has 0 bridgehead atoms. The lowest BCUT2D eigenvalue weighted by Gasteiger charge is -2.07. The molecule has 0 unspecified atom stereocenters. The summed E-state index contributed by atoms with van der Waals surface area (Å²) in [6.45, 7) is 1.78. The van der Waals surface area contributed by atoms with Crippen molar-refractivity contribution in [3.63, 3.8) is 0 Å². The first-order chi connectivity index (χ1) is 13.7. The highest BCUT2D eigenvalue weighted by Crippen LogP contribution is 2.42. The van der Waals surface area contributed by atoms with Crippen LogP contribution in [-0.2, 0) is 23.9 Å². The van der Waals surface area contributed by atoms with E-state index in [9.17, 15) is 22.8 Å². The number of likely N-dealkylation sites (N-methyl/N-ethyl adjacent to an activating group) is 1. The molecule has 1 fully saturated rings. The van der Waals surface area contributed by atoms with E-state index < -0.39 is 11.9 Å². The summed E-state index contributed by atoms with van der Waals surface area (Å²) in [5.74, 6) is -0.166. The van der Waals surface area contributed by atoms with E-state index in [1.165, 1.54) is 33.5 Å². The molecule has 7 nitrogen and oxygen atoms in total. The Balaban J connectivity index is 1.72. The summed E-state index contributed by atoms with van der Waals surface area (Å²) >= 11 is 1.26. The maximum atomic E-state index is 13.1. The Morgan fingerprint density at radius 2 is 2.07 bits per heavy atom. The number of aromatic nitrogens is 4. The van der Waals surface area contributed by atoms with Crippen molar-refractivity contribution in [2.75, 3.05) is 7.05 Å². The van der Waals surface area contributed by atoms with Crippen LogP contribution in [0.25, 0.3) is 4.96 Å². The zero-order chi connectivity index (χ0) is 20.9. The average Bonchev–Trinajstić information content (AvgIpc) is 3.31. The van der Waals surface area contributed by atoms with Crippen LogP contribution < -0.4 is 10.9 Å². The Morgan fingerprint density at radius 3 is 2.69 bits per heavy atom. The molecule has 0 saturated heterocycles. The summed E-state index contributed by atoms with van der Waals surface area (Å²) in [6, 6.07) is 2.37. The van der Waals surface area contributed by atoms with E-state index in [0.717, 1.165) is 23.8 Å². The van der Waals surface area contributed by atoms with Gasteiger partial charge in [-0.25, -0.2) is 4.98 Å². The van der Waals surface area contributed by atoms with Crippen molar-refractivity contribution in [1.82, 2.24) is 24.5 Å². The van der Waals surface area contributed by atoms with Crippen molar-refractivity contribution in [1.29, 1.82) is 0 Å². The molecule has 0 aromatic carbocycles. The fourth-order valence-electron chi connectivity index (χ4n) is 3.26. The van der Waals surface area contributed by atoms with Crippen LogP contribution in [-0.4, -0.2) is 32.1 Å². The number of rotatable bonds is 5. The van der Waals surface area contributed by atoms with Gasteiger partial charge in [0.1, 0.15) is 0 Å². The second kappa shape index (κ2) is 6.97. The number of fused-ring (bicyclic) bond motifs is 1. The third-order valence-electron chi connectivity index (χ3n) is 4.88. The summed E-state index contributed by atoms with van der Waals surface area (Å²) < 4.78 is 41.9. The van der Waals surface area contributed by atoms with Crippen molar-refractivity contribution < 1.29 is 18.0 Å². The van der Waals surface area contributed by atoms with Crippen molar-refractivity contribution in [2.45, 2.75) is 44.8 Å². The molecule has 1 aliphatic rings. The molecular weight excluding hydrogens is 407 g/mol. The minimum absolute atomic E-state index is 0.0185. The molecule has 0 atom stereocenters. The molecule has 1 aliphatic carbocycles. The molecule has 4 rings (SSSR count). The van der Waals surface area contributed by atoms with Crippen LogP contribution in [0.3, 0.4) is 0 Å². The topological polar surface area (TPSA) is 81.3 Å². The third kappa shape index (κ3) is 3.78. The first-order valence-electron chi connectivity index (χ1n) is 9.04. The number of alkyl halides is 3. The van der Waals surface area contributed by atoms with Crippen LogP contribution in [0.1, 0.15) is 46.4 Å². The van der Waals surface area contributed by atoms with Crippen molar-refractivity contribution in [3.8, 4) is 0 Å². The Hall–Kier alpha value is -2.69. The van der Waals surface area contributed by atoms with Gasteiger partial charge in [0.15, 0.2) is 10.7 Å². The molecule has 0 radical (unpaired) electrons. The first kappa shape index (κ1) is 19.6. The van der Waals surface area contributed by atoms with E-state index >= 15 is 0 Å². The number of nitrogens with one attached hydrogen (secondary N) is 1. The SMILES string of the molecule is CNC(=O)Cc1c(C)sc2nc(Cn3nc(C(F)(F)F)cc3C3CC3)cc(=O)n12. The summed E-state index contributed by atoms with van der Waals surface area (Å²) in [4.78, 5) is 30.1. The molecule has 11 heteroatoms. The van der Waals surface area contributed by atoms with E-state index in [-0.39, 0.29) is 30.3 Å². The first-order valence-corrected chi connectivity index (χ1v) is 9.85. The van der Waals surface area contributed by atoms with Gasteiger partial charge in [-0.15, -0.1) is 11.3 Å². The number of aryl methyl sites for hydroxylation is 1. The standard InChI is InChI=1S/C18H18F3N5O2S/c1-9-12(7-15(27)22-2)26-16(28)5-11(23-17(26)29-9)8-25-13(10-3-4-10)6-14(24-25)18(19,20)21/h5-6,10H,3-4,7-8H2,1-2H3,(H,22,27). The van der Waals surface area contributed by atoms with Crippen LogP contribution in [0.5, 0.6) is 0 Å². The van der Waals surface area contributed by atoms with E-state index in [2.05, 4.69) is 15.4 Å². The number of amides is 1. The normalized spacial score (nSPS) is 14.5. The van der Waals surface area contributed by atoms with Crippen LogP contribution in [0.15, 0.2) is 16.9 Å². The maximum Gasteiger partial charge on any atom is 0.435 e. The van der Waals surface area contributed by atoms with Crippen LogP contribution >= 0.6 is 11.3 Å². The number of hydrogen-bond acceptors (Lipinski definition) is 5. The van der Waals surface area contributed by atoms with Gasteiger partial charge in [0.2, 0.25) is 5.91 Å². The minimum atomic E-state index is -4.52. The number of nitrogens with zero attached hydrogens (tertiary/aromatic N) is 4. The second-order valence-electron chi connectivity index (χ2n) is 7.04. The third-order valence-corrected chi connectivity index (χ3v) is 5.88. The van der Waals surface area contributed by atoms with Gasteiger partial charge >= 0.3 is 6.18 Å². The van der Waals surface area contributed by atoms with Crippen LogP contribution in [0, 0.1) is 6.92 Å². The Labute approximate surface area is 167 Å². The van der Waals surface area contributed by atoms with Crippen LogP contribution in [0.4, 0.5) is 13.2 Å². The Kier molecular flexibility index (Phi) is 4.72. The lowest BCUT2D eigenvalue weighted by atomic mass is 10.2. The molecule has 154 valence electrons.